The van der Waals surface area contributed by atoms with Crippen molar-refractivity contribution in [2.45, 2.75) is 19.4 Å². The molecule has 37 heavy (non-hydrogen) atoms. The number of hydrogen-bond acceptors (Lipinski definition) is 6. The number of ether oxygens (including phenoxy) is 2. The third-order valence-electron chi connectivity index (χ3n) is 6.59. The van der Waals surface area contributed by atoms with Gasteiger partial charge >= 0.3 is 0 Å². The monoisotopic (exact) mass is 504 g/mol. The molecule has 1 fully saturated rings. The second-order valence-corrected chi connectivity index (χ2v) is 9.26. The minimum atomic E-state index is -0.908. The standard InChI is InChI=1S/C28H32N4O5/c1-18-21(17-29-32(18)19-11-7-6-8-12-19)25(33)23-24(20-13-9-14-22(36-4)27(20)37-5)31(28(35)26(23)34)16-10-15-30(2)3/h6-9,11-14,17,24,33H,10,15-16H2,1-5H3. The van der Waals surface area contributed by atoms with E-state index in [-0.39, 0.29) is 11.1 Å². The number of quaternary nitrogens is 1. The summed E-state index contributed by atoms with van der Waals surface area (Å²) in [6.07, 6.45) is 2.12. The summed E-state index contributed by atoms with van der Waals surface area (Å²) < 4.78 is 12.8. The second-order valence-electron chi connectivity index (χ2n) is 9.26. The van der Waals surface area contributed by atoms with E-state index in [4.69, 9.17) is 9.47 Å². The van der Waals surface area contributed by atoms with E-state index in [1.165, 1.54) is 30.2 Å². The highest BCUT2D eigenvalue weighted by Crippen LogP contribution is 2.45. The summed E-state index contributed by atoms with van der Waals surface area (Å²) in [5.41, 5.74) is 2.05. The van der Waals surface area contributed by atoms with E-state index in [1.54, 1.807) is 29.8 Å². The molecule has 0 aliphatic carbocycles. The highest BCUT2D eigenvalue weighted by atomic mass is 16.5. The van der Waals surface area contributed by atoms with Gasteiger partial charge < -0.3 is 24.4 Å². The summed E-state index contributed by atoms with van der Waals surface area (Å²) >= 11 is 0. The molecule has 1 aliphatic heterocycles. The summed E-state index contributed by atoms with van der Waals surface area (Å²) in [6, 6.07) is 13.8. The maximum absolute atomic E-state index is 14.0. The number of carbonyl (C=O) groups excluding carboxylic acids is 2. The number of ketones is 1. The van der Waals surface area contributed by atoms with Crippen LogP contribution in [0.1, 0.15) is 29.3 Å². The Morgan fingerprint density at radius 3 is 2.43 bits per heavy atom. The van der Waals surface area contributed by atoms with Crippen LogP contribution in [0.15, 0.2) is 60.3 Å². The zero-order valence-corrected chi connectivity index (χ0v) is 21.8. The van der Waals surface area contributed by atoms with Crippen molar-refractivity contribution in [3.63, 3.8) is 0 Å². The van der Waals surface area contributed by atoms with Crippen LogP contribution in [0.5, 0.6) is 11.5 Å². The van der Waals surface area contributed by atoms with E-state index in [2.05, 4.69) is 5.10 Å². The molecule has 9 heteroatoms. The number of Topliss-reactive ketones (excluding diaryl/α,β-unsaturated/α-hetero) is 1. The molecule has 9 nitrogen and oxygen atoms in total. The molecule has 2 aromatic carbocycles. The molecule has 1 aromatic heterocycles. The lowest BCUT2D eigenvalue weighted by atomic mass is 9.94. The van der Waals surface area contributed by atoms with Crippen LogP contribution in [0.2, 0.25) is 0 Å². The van der Waals surface area contributed by atoms with Crippen molar-refractivity contribution in [1.82, 2.24) is 14.7 Å². The van der Waals surface area contributed by atoms with Crippen molar-refractivity contribution >= 4 is 17.4 Å². The van der Waals surface area contributed by atoms with Crippen LogP contribution in [0.25, 0.3) is 11.4 Å². The third kappa shape index (κ3) is 4.82. The number of benzene rings is 2. The lowest BCUT2D eigenvalue weighted by Gasteiger charge is -2.29. The molecule has 1 atom stereocenters. The molecule has 1 unspecified atom stereocenters. The second kappa shape index (κ2) is 10.9. The fraction of sp³-hybridized carbons (Fsp3) is 0.321. The van der Waals surface area contributed by atoms with Crippen LogP contribution in [-0.2, 0) is 9.59 Å². The number of carbonyl (C=O) groups is 2. The number of amides is 1. The van der Waals surface area contributed by atoms with Gasteiger partial charge in [0.2, 0.25) is 5.78 Å². The van der Waals surface area contributed by atoms with Gasteiger partial charge in [0, 0.05) is 35.4 Å². The van der Waals surface area contributed by atoms with Gasteiger partial charge in [-0.15, -0.1) is 0 Å². The number of hydrogen-bond donors (Lipinski definition) is 1. The Hall–Kier alpha value is -4.11. The molecular weight excluding hydrogens is 472 g/mol. The van der Waals surface area contributed by atoms with Gasteiger partial charge in [-0.3, -0.25) is 9.59 Å². The van der Waals surface area contributed by atoms with Crippen LogP contribution in [-0.4, -0.2) is 67.8 Å². The Kier molecular flexibility index (Phi) is 7.63. The Balaban J connectivity index is 1.88. The first-order valence-corrected chi connectivity index (χ1v) is 12.2. The van der Waals surface area contributed by atoms with Crippen LogP contribution in [0.4, 0.5) is 0 Å². The molecule has 2 heterocycles. The first-order valence-electron chi connectivity index (χ1n) is 12.2. The van der Waals surface area contributed by atoms with E-state index < -0.39 is 23.5 Å². The lowest BCUT2D eigenvalue weighted by Crippen LogP contribution is -3.05. The molecule has 0 bridgehead atoms. The zero-order chi connectivity index (χ0) is 26.7. The first-order chi connectivity index (χ1) is 17.8. The van der Waals surface area contributed by atoms with Crippen molar-refractivity contribution < 1.29 is 29.1 Å². The summed E-state index contributed by atoms with van der Waals surface area (Å²) in [6.45, 7) is 2.89. The van der Waals surface area contributed by atoms with Gasteiger partial charge in [0.1, 0.15) is 0 Å². The minimum Gasteiger partial charge on any atom is -0.872 e. The number of aromatic nitrogens is 2. The number of likely N-dealkylation sites (tertiary alicyclic amines) is 1. The molecule has 0 spiro atoms. The van der Waals surface area contributed by atoms with Gasteiger partial charge in [0.05, 0.1) is 52.8 Å². The first kappa shape index (κ1) is 26.0. The number of para-hydroxylation sites is 2. The molecule has 0 saturated carbocycles. The van der Waals surface area contributed by atoms with Gasteiger partial charge in [0.15, 0.2) is 11.5 Å². The van der Waals surface area contributed by atoms with E-state index in [0.717, 1.165) is 12.2 Å². The number of nitrogens with one attached hydrogen (secondary N) is 1. The quantitative estimate of drug-likeness (QED) is 0.265. The van der Waals surface area contributed by atoms with Gasteiger partial charge in [-0.25, -0.2) is 4.68 Å². The average Bonchev–Trinajstić information content (AvgIpc) is 3.40. The normalized spacial score (nSPS) is 17.0. The SMILES string of the molecule is COc1cccc(C2C(=C([O-])c3cnn(-c4ccccc4)c3C)C(=O)C(=O)N2CCC[NH+](C)C)c1OC. The highest BCUT2D eigenvalue weighted by Gasteiger charge is 2.45. The van der Waals surface area contributed by atoms with Crippen molar-refractivity contribution in [1.29, 1.82) is 0 Å². The van der Waals surface area contributed by atoms with Gasteiger partial charge in [-0.05, 0) is 25.1 Å². The van der Waals surface area contributed by atoms with Crippen LogP contribution in [0, 0.1) is 6.92 Å². The molecule has 4 rings (SSSR count). The Labute approximate surface area is 216 Å². The Morgan fingerprint density at radius 2 is 1.78 bits per heavy atom. The van der Waals surface area contributed by atoms with Gasteiger partial charge in [-0.1, -0.05) is 36.1 Å². The maximum Gasteiger partial charge on any atom is 0.295 e. The lowest BCUT2D eigenvalue weighted by molar-refractivity contribution is -0.858. The summed E-state index contributed by atoms with van der Waals surface area (Å²) in [7, 11) is 7.05. The van der Waals surface area contributed by atoms with Crippen LogP contribution in [0.3, 0.4) is 0 Å². The van der Waals surface area contributed by atoms with Crippen molar-refractivity contribution in [2.24, 2.45) is 0 Å². The molecule has 0 radical (unpaired) electrons. The molecule has 1 N–H and O–H groups in total. The van der Waals surface area contributed by atoms with E-state index in [1.807, 2.05) is 44.4 Å². The highest BCUT2D eigenvalue weighted by molar-refractivity contribution is 6.46. The van der Waals surface area contributed by atoms with Gasteiger partial charge in [0.25, 0.3) is 5.91 Å². The predicted octanol–water partition coefficient (Wildman–Crippen LogP) is 0.957. The van der Waals surface area contributed by atoms with E-state index in [0.29, 0.717) is 35.7 Å². The fourth-order valence-corrected chi connectivity index (χ4v) is 4.76. The number of rotatable bonds is 9. The topological polar surface area (TPSA) is 101 Å². The van der Waals surface area contributed by atoms with Crippen LogP contribution >= 0.6 is 0 Å². The molecule has 1 aliphatic rings. The Bertz CT molecular complexity index is 1330. The molecule has 194 valence electrons. The van der Waals surface area contributed by atoms with Crippen molar-refractivity contribution in [3.05, 3.63) is 77.1 Å². The smallest absolute Gasteiger partial charge is 0.295 e. The molecular formula is C28H32N4O5. The largest absolute Gasteiger partial charge is 0.872 e. The summed E-state index contributed by atoms with van der Waals surface area (Å²) in [5, 5.41) is 18.4. The number of nitrogens with zero attached hydrogens (tertiary/aromatic N) is 3. The van der Waals surface area contributed by atoms with E-state index >= 15 is 0 Å². The number of methoxy groups -OCH3 is 2. The van der Waals surface area contributed by atoms with Crippen molar-refractivity contribution in [3.8, 4) is 17.2 Å². The average molecular weight is 505 g/mol. The maximum atomic E-state index is 14.0. The van der Waals surface area contributed by atoms with Crippen LogP contribution < -0.4 is 19.5 Å². The summed E-state index contributed by atoms with van der Waals surface area (Å²) in [5.74, 6) is -1.19. The summed E-state index contributed by atoms with van der Waals surface area (Å²) in [4.78, 5) is 29.4. The fourth-order valence-electron chi connectivity index (χ4n) is 4.76. The molecule has 1 saturated heterocycles. The zero-order valence-electron chi connectivity index (χ0n) is 21.8. The molecule has 3 aromatic rings. The predicted molar refractivity (Wildman–Crippen MR) is 137 cm³/mol. The Morgan fingerprint density at radius 1 is 1.05 bits per heavy atom. The van der Waals surface area contributed by atoms with E-state index in [9.17, 15) is 14.7 Å². The minimum absolute atomic E-state index is 0.107. The van der Waals surface area contributed by atoms with Gasteiger partial charge in [-0.2, -0.15) is 5.10 Å². The van der Waals surface area contributed by atoms with Crippen molar-refractivity contribution in [2.75, 3.05) is 41.4 Å². The third-order valence-corrected chi connectivity index (χ3v) is 6.59. The molecule has 1 amide bonds.